The standard InChI is InChI=1S/C99H84N8O6/c1-97(2,3)111-94(108)105-88-39-25-22-36-82(88)85-64-79(58-61-91(85)105)102(73-46-42-71(43-47-73)100(67-28-14-10-15-29-67)68-30-16-11-17-31-68)75-50-54-77(55-51-75)104(81-60-63-93-87(66-81)84-38-24-27-41-90(84)107(93)96(110)113-99(7,8)9)78-56-52-76(53-57-78)103(74-48-44-72(45-49-74)101(69-32-18-12-19-33-69)70-34-20-13-21-35-70)80-59-62-92-86(65-80)83-37-23-26-40-89(83)106(92)95(109)112-98(4,5)6/h10-66H,1-9H3. The highest BCUT2D eigenvalue weighted by Crippen LogP contribution is 2.48. The first kappa shape index (κ1) is 71.8. The number of carbonyl (C=O) groups is 3. The molecular formula is C99H84N8O6. The van der Waals surface area contributed by atoms with Crippen molar-refractivity contribution in [1.29, 1.82) is 0 Å². The van der Waals surface area contributed by atoms with Crippen LogP contribution < -0.4 is 24.5 Å². The third kappa shape index (κ3) is 14.1. The lowest BCUT2D eigenvalue weighted by Crippen LogP contribution is -2.27. The average molecular weight is 1480 g/mol. The highest BCUT2D eigenvalue weighted by Gasteiger charge is 2.30. The number of fused-ring (bicyclic) bond motifs is 9. The maximum atomic E-state index is 14.4. The minimum absolute atomic E-state index is 0.453. The largest absolute Gasteiger partial charge is 0.443 e. The van der Waals surface area contributed by atoms with E-state index in [1.165, 1.54) is 0 Å². The highest BCUT2D eigenvalue weighted by molar-refractivity contribution is 6.16. The maximum absolute atomic E-state index is 14.4. The van der Waals surface area contributed by atoms with Gasteiger partial charge in [0.1, 0.15) is 16.8 Å². The summed E-state index contributed by atoms with van der Waals surface area (Å²) in [5.74, 6) is 0. The van der Waals surface area contributed by atoms with Crippen molar-refractivity contribution < 1.29 is 28.6 Å². The second kappa shape index (κ2) is 29.0. The molecule has 3 heterocycles. The van der Waals surface area contributed by atoms with Gasteiger partial charge in [0, 0.05) is 118 Å². The summed E-state index contributed by atoms with van der Waals surface area (Å²) in [4.78, 5) is 54.2. The van der Waals surface area contributed by atoms with Crippen LogP contribution in [0.1, 0.15) is 62.3 Å². The van der Waals surface area contributed by atoms with E-state index in [4.69, 9.17) is 14.2 Å². The van der Waals surface area contributed by atoms with Crippen molar-refractivity contribution in [2.45, 2.75) is 79.1 Å². The van der Waals surface area contributed by atoms with Crippen molar-refractivity contribution in [2.24, 2.45) is 0 Å². The molecular weight excluding hydrogens is 1400 g/mol. The van der Waals surface area contributed by atoms with E-state index in [9.17, 15) is 14.4 Å². The highest BCUT2D eigenvalue weighted by atomic mass is 16.6. The predicted octanol–water partition coefficient (Wildman–Crippen LogP) is 27.7. The number of hydrogen-bond acceptors (Lipinski definition) is 11. The van der Waals surface area contributed by atoms with Gasteiger partial charge < -0.3 is 38.7 Å². The molecule has 14 nitrogen and oxygen atoms in total. The molecule has 0 saturated carbocycles. The van der Waals surface area contributed by atoms with E-state index in [0.29, 0.717) is 5.52 Å². The minimum atomic E-state index is -0.746. The number of aromatic nitrogens is 3. The van der Waals surface area contributed by atoms with Gasteiger partial charge in [-0.1, -0.05) is 127 Å². The van der Waals surface area contributed by atoms with Gasteiger partial charge in [0.15, 0.2) is 0 Å². The fourth-order valence-electron chi connectivity index (χ4n) is 15.4. The molecule has 0 aliphatic heterocycles. The van der Waals surface area contributed by atoms with Gasteiger partial charge in [-0.05, 0) is 281 Å². The quantitative estimate of drug-likeness (QED) is 0.0915. The van der Waals surface area contributed by atoms with E-state index in [1.807, 2.05) is 159 Å². The average Bonchev–Trinajstić information content (AvgIpc) is 1.61. The number of nitrogens with zero attached hydrogens (tertiary/aromatic N) is 8. The topological polar surface area (TPSA) is 110 Å². The van der Waals surface area contributed by atoms with Crippen LogP contribution in [0.25, 0.3) is 65.4 Å². The van der Waals surface area contributed by atoms with Gasteiger partial charge in [-0.2, -0.15) is 0 Å². The van der Waals surface area contributed by atoms with Crippen molar-refractivity contribution in [3.63, 3.8) is 0 Å². The zero-order chi connectivity index (χ0) is 77.9. The summed E-state index contributed by atoms with van der Waals surface area (Å²) in [6.07, 6.45) is -1.37. The summed E-state index contributed by atoms with van der Waals surface area (Å²) >= 11 is 0. The number of para-hydroxylation sites is 7. The van der Waals surface area contributed by atoms with Crippen molar-refractivity contribution in [1.82, 2.24) is 13.7 Å². The molecule has 0 fully saturated rings. The number of hydrogen-bond donors (Lipinski definition) is 0. The summed E-state index contributed by atoms with van der Waals surface area (Å²) in [6.45, 7) is 16.9. The van der Waals surface area contributed by atoms with Crippen molar-refractivity contribution in [3.8, 4) is 0 Å². The number of anilines is 15. The maximum Gasteiger partial charge on any atom is 0.419 e. The Morgan fingerprint density at radius 3 is 0.558 bits per heavy atom. The molecule has 556 valence electrons. The molecule has 17 rings (SSSR count). The summed E-state index contributed by atoms with van der Waals surface area (Å²) in [5, 5.41) is 5.37. The molecule has 0 spiro atoms. The monoisotopic (exact) mass is 1480 g/mol. The van der Waals surface area contributed by atoms with Gasteiger partial charge in [-0.3, -0.25) is 0 Å². The van der Waals surface area contributed by atoms with Crippen LogP contribution in [0.15, 0.2) is 346 Å². The fraction of sp³-hybridized carbons (Fsp3) is 0.121. The molecule has 0 aliphatic rings. The Morgan fingerprint density at radius 1 is 0.195 bits per heavy atom. The van der Waals surface area contributed by atoms with Gasteiger partial charge >= 0.3 is 18.3 Å². The molecule has 0 unspecified atom stereocenters. The summed E-state index contributed by atoms with van der Waals surface area (Å²) < 4.78 is 23.3. The molecule has 0 saturated heterocycles. The molecule has 0 atom stereocenters. The number of rotatable bonds is 15. The van der Waals surface area contributed by atoms with Gasteiger partial charge in [0.05, 0.1) is 33.1 Å². The molecule has 14 heteroatoms. The molecule has 0 bridgehead atoms. The van der Waals surface area contributed by atoms with Crippen LogP contribution in [0, 0.1) is 0 Å². The summed E-state index contributed by atoms with van der Waals surface area (Å²) in [5.41, 5.74) is 16.0. The number of carbonyl (C=O) groups excluding carboxylic acids is 3. The SMILES string of the molecule is CC(C)(C)OC(=O)n1c2ccccc2c2cc(N(c3ccc(N(c4ccccc4)c4ccccc4)cc3)c3ccc(N(c4ccc(N(c5ccc(N(c6ccccc6)c6ccccc6)cc5)c5ccc6c(c5)c5ccccc5n6C(=O)OC(C)(C)C)cc4)c4ccc5c(c4)c4ccccc4n5C(=O)OC(C)(C)C)cc3)ccc21. The lowest BCUT2D eigenvalue weighted by atomic mass is 10.1. The third-order valence-corrected chi connectivity index (χ3v) is 20.0. The van der Waals surface area contributed by atoms with Crippen molar-refractivity contribution >= 4 is 169 Å². The van der Waals surface area contributed by atoms with E-state index in [2.05, 4.69) is 273 Å². The Bertz CT molecular complexity index is 6000. The molecule has 14 aromatic carbocycles. The first-order chi connectivity index (χ1) is 54.7. The first-order valence-electron chi connectivity index (χ1n) is 38.1. The van der Waals surface area contributed by atoms with Crippen LogP contribution in [-0.2, 0) is 14.2 Å². The minimum Gasteiger partial charge on any atom is -0.443 e. The van der Waals surface area contributed by atoms with Crippen LogP contribution in [0.3, 0.4) is 0 Å². The first-order valence-corrected chi connectivity index (χ1v) is 38.1. The molecule has 0 aliphatic carbocycles. The van der Waals surface area contributed by atoms with Crippen LogP contribution >= 0.6 is 0 Å². The molecule has 113 heavy (non-hydrogen) atoms. The van der Waals surface area contributed by atoms with Crippen LogP contribution in [0.4, 0.5) is 99.7 Å². The number of ether oxygens (including phenoxy) is 3. The normalized spacial score (nSPS) is 11.9. The zero-order valence-corrected chi connectivity index (χ0v) is 64.4. The Morgan fingerprint density at radius 2 is 0.354 bits per heavy atom. The molecule has 3 aromatic heterocycles. The van der Waals surface area contributed by atoms with E-state index >= 15 is 0 Å². The smallest absolute Gasteiger partial charge is 0.419 e. The van der Waals surface area contributed by atoms with E-state index < -0.39 is 35.1 Å². The number of benzene rings is 14. The Kier molecular flexibility index (Phi) is 18.4. The van der Waals surface area contributed by atoms with E-state index in [0.717, 1.165) is 145 Å². The van der Waals surface area contributed by atoms with E-state index in [-0.39, 0.29) is 0 Å². The lowest BCUT2D eigenvalue weighted by molar-refractivity contribution is 0.0540. The van der Waals surface area contributed by atoms with Gasteiger partial charge in [0.2, 0.25) is 0 Å². The Labute approximate surface area is 656 Å². The zero-order valence-electron chi connectivity index (χ0n) is 64.4. The molecule has 17 aromatic rings. The fourth-order valence-corrected chi connectivity index (χ4v) is 15.4. The molecule has 0 amide bonds. The summed E-state index contributed by atoms with van der Waals surface area (Å²) in [6, 6.07) is 119. The predicted molar refractivity (Wildman–Crippen MR) is 464 cm³/mol. The van der Waals surface area contributed by atoms with Gasteiger partial charge in [-0.15, -0.1) is 0 Å². The summed E-state index contributed by atoms with van der Waals surface area (Å²) in [7, 11) is 0. The van der Waals surface area contributed by atoms with Crippen LogP contribution in [0.5, 0.6) is 0 Å². The third-order valence-electron chi connectivity index (χ3n) is 20.0. The van der Waals surface area contributed by atoms with Gasteiger partial charge in [0.25, 0.3) is 0 Å². The van der Waals surface area contributed by atoms with Crippen LogP contribution in [0.2, 0.25) is 0 Å². The van der Waals surface area contributed by atoms with Gasteiger partial charge in [-0.25, -0.2) is 28.1 Å². The lowest BCUT2D eigenvalue weighted by Gasteiger charge is -2.30. The van der Waals surface area contributed by atoms with Crippen molar-refractivity contribution in [2.75, 3.05) is 24.5 Å². The molecule has 0 N–H and O–H groups in total. The second-order valence-corrected chi connectivity index (χ2v) is 31.2. The second-order valence-electron chi connectivity index (χ2n) is 31.2. The molecule has 0 radical (unpaired) electrons. The van der Waals surface area contributed by atoms with Crippen molar-refractivity contribution in [3.05, 3.63) is 346 Å². The Hall–Kier alpha value is -14.1. The Balaban J connectivity index is 0.827. The van der Waals surface area contributed by atoms with Crippen LogP contribution in [-0.4, -0.2) is 48.8 Å². The van der Waals surface area contributed by atoms with E-state index in [1.54, 1.807) is 13.7 Å².